The SMILES string of the molecule is C1=CC2=CCc3cccc4ccc(c2c34)C1.CCc1ccccc1. The van der Waals surface area contributed by atoms with Gasteiger partial charge < -0.3 is 0 Å². The van der Waals surface area contributed by atoms with E-state index >= 15 is 0 Å². The van der Waals surface area contributed by atoms with Crippen molar-refractivity contribution in [3.63, 3.8) is 0 Å². The van der Waals surface area contributed by atoms with Crippen LogP contribution < -0.4 is 0 Å². The molecule has 0 amide bonds. The van der Waals surface area contributed by atoms with Gasteiger partial charge in [-0.2, -0.15) is 0 Å². The Bertz CT molecular complexity index is 927. The highest BCUT2D eigenvalue weighted by molar-refractivity contribution is 6.02. The third-order valence-corrected chi connectivity index (χ3v) is 4.93. The first kappa shape index (κ1) is 15.0. The van der Waals surface area contributed by atoms with Crippen LogP contribution in [0, 0.1) is 0 Å². The largest absolute Gasteiger partial charge is 0.0795 e. The van der Waals surface area contributed by atoms with Gasteiger partial charge in [0, 0.05) is 0 Å². The summed E-state index contributed by atoms with van der Waals surface area (Å²) in [5.74, 6) is 0. The van der Waals surface area contributed by atoms with E-state index in [9.17, 15) is 0 Å². The topological polar surface area (TPSA) is 0 Å². The van der Waals surface area contributed by atoms with Crippen molar-refractivity contribution in [2.24, 2.45) is 0 Å². The standard InChI is InChI=1S/C16H12.C8H10/c1-3-11-7-9-13-5-2-6-14-10-8-12(4-1)15(11)16(13)14;1-2-8-6-4-3-5-7-8/h1-5,8-10H,6-7H2;3-7H,2H2,1H3. The first-order valence-electron chi connectivity index (χ1n) is 8.81. The van der Waals surface area contributed by atoms with Gasteiger partial charge in [-0.1, -0.05) is 85.8 Å². The molecule has 0 radical (unpaired) electrons. The Balaban J connectivity index is 0.000000155. The molecule has 3 aromatic carbocycles. The number of benzene rings is 3. The summed E-state index contributed by atoms with van der Waals surface area (Å²) in [5.41, 5.74) is 7.28. The van der Waals surface area contributed by atoms with Crippen LogP contribution in [0.2, 0.25) is 0 Å². The molecule has 0 N–H and O–H groups in total. The molecule has 0 unspecified atom stereocenters. The molecule has 3 aromatic rings. The van der Waals surface area contributed by atoms with Gasteiger partial charge in [0.15, 0.2) is 0 Å². The van der Waals surface area contributed by atoms with Crippen LogP contribution in [0.3, 0.4) is 0 Å². The van der Waals surface area contributed by atoms with Gasteiger partial charge in [-0.05, 0) is 57.9 Å². The summed E-state index contributed by atoms with van der Waals surface area (Å²) in [6, 6.07) is 21.6. The molecular weight excluding hydrogens is 288 g/mol. The molecule has 118 valence electrons. The molecule has 0 heterocycles. The average Bonchev–Trinajstić information content (AvgIpc) is 2.67. The summed E-state index contributed by atoms with van der Waals surface area (Å²) in [6.07, 6.45) is 10.2. The fraction of sp³-hybridized carbons (Fsp3) is 0.167. The molecule has 0 heteroatoms. The van der Waals surface area contributed by atoms with Crippen LogP contribution in [0.15, 0.2) is 78.9 Å². The fourth-order valence-corrected chi connectivity index (χ4v) is 3.67. The Morgan fingerprint density at radius 3 is 2.46 bits per heavy atom. The number of hydrogen-bond donors (Lipinski definition) is 0. The van der Waals surface area contributed by atoms with Gasteiger partial charge >= 0.3 is 0 Å². The maximum Gasteiger partial charge on any atom is -0.00674 e. The molecule has 0 saturated heterocycles. The smallest absolute Gasteiger partial charge is 0.00674 e. The molecule has 5 rings (SSSR count). The van der Waals surface area contributed by atoms with Crippen molar-refractivity contribution in [3.8, 4) is 0 Å². The maximum absolute atomic E-state index is 2.36. The van der Waals surface area contributed by atoms with Gasteiger partial charge in [0.05, 0.1) is 0 Å². The third-order valence-electron chi connectivity index (χ3n) is 4.93. The maximum atomic E-state index is 2.36. The molecule has 0 fully saturated rings. The minimum absolute atomic E-state index is 1.08. The predicted molar refractivity (Wildman–Crippen MR) is 104 cm³/mol. The van der Waals surface area contributed by atoms with E-state index in [1.807, 2.05) is 6.07 Å². The Morgan fingerprint density at radius 1 is 0.792 bits per heavy atom. The van der Waals surface area contributed by atoms with Gasteiger partial charge in [0.2, 0.25) is 0 Å². The molecule has 0 bridgehead atoms. The monoisotopic (exact) mass is 310 g/mol. The van der Waals surface area contributed by atoms with Crippen molar-refractivity contribution in [2.45, 2.75) is 26.2 Å². The van der Waals surface area contributed by atoms with E-state index in [4.69, 9.17) is 0 Å². The molecule has 0 aliphatic heterocycles. The normalized spacial score (nSPS) is 14.0. The van der Waals surface area contributed by atoms with Gasteiger partial charge in [-0.3, -0.25) is 0 Å². The van der Waals surface area contributed by atoms with E-state index in [1.54, 1.807) is 0 Å². The van der Waals surface area contributed by atoms with Crippen molar-refractivity contribution in [3.05, 3.63) is 101 Å². The van der Waals surface area contributed by atoms with Crippen LogP contribution in [0.4, 0.5) is 0 Å². The Kier molecular flexibility index (Phi) is 4.04. The highest BCUT2D eigenvalue weighted by Gasteiger charge is 2.18. The zero-order valence-electron chi connectivity index (χ0n) is 14.1. The molecule has 2 aliphatic carbocycles. The van der Waals surface area contributed by atoms with E-state index in [0.29, 0.717) is 0 Å². The highest BCUT2D eigenvalue weighted by Crippen LogP contribution is 2.38. The Labute approximate surface area is 144 Å². The summed E-state index contributed by atoms with van der Waals surface area (Å²) in [7, 11) is 0. The van der Waals surface area contributed by atoms with Crippen molar-refractivity contribution in [1.82, 2.24) is 0 Å². The second kappa shape index (κ2) is 6.49. The molecule has 0 spiro atoms. The first-order valence-corrected chi connectivity index (χ1v) is 8.81. The Hall–Kier alpha value is -2.60. The van der Waals surface area contributed by atoms with Crippen molar-refractivity contribution in [2.75, 3.05) is 0 Å². The van der Waals surface area contributed by atoms with E-state index in [2.05, 4.69) is 79.7 Å². The molecule has 2 aliphatic rings. The second-order valence-corrected chi connectivity index (χ2v) is 6.42. The quantitative estimate of drug-likeness (QED) is 0.506. The number of hydrogen-bond acceptors (Lipinski definition) is 0. The van der Waals surface area contributed by atoms with Crippen LogP contribution in [0.5, 0.6) is 0 Å². The van der Waals surface area contributed by atoms with E-state index in [0.717, 1.165) is 19.3 Å². The first-order chi connectivity index (χ1) is 11.9. The van der Waals surface area contributed by atoms with E-state index < -0.39 is 0 Å². The summed E-state index contributed by atoms with van der Waals surface area (Å²) in [5, 5.41) is 2.87. The number of allylic oxidation sites excluding steroid dienone is 4. The number of rotatable bonds is 1. The fourth-order valence-electron chi connectivity index (χ4n) is 3.67. The molecule has 0 nitrogen and oxygen atoms in total. The summed E-state index contributed by atoms with van der Waals surface area (Å²) in [4.78, 5) is 0. The summed E-state index contributed by atoms with van der Waals surface area (Å²) in [6.45, 7) is 2.16. The minimum atomic E-state index is 1.08. The third kappa shape index (κ3) is 2.69. The van der Waals surface area contributed by atoms with Gasteiger partial charge in [0.1, 0.15) is 0 Å². The lowest BCUT2D eigenvalue weighted by atomic mass is 9.82. The van der Waals surface area contributed by atoms with E-state index in [-0.39, 0.29) is 0 Å². The lowest BCUT2D eigenvalue weighted by Crippen LogP contribution is -2.04. The molecule has 24 heavy (non-hydrogen) atoms. The van der Waals surface area contributed by atoms with Crippen molar-refractivity contribution < 1.29 is 0 Å². The highest BCUT2D eigenvalue weighted by atomic mass is 14.2. The predicted octanol–water partition coefficient (Wildman–Crippen LogP) is 6.14. The van der Waals surface area contributed by atoms with Gasteiger partial charge in [-0.25, -0.2) is 0 Å². The van der Waals surface area contributed by atoms with Crippen molar-refractivity contribution >= 4 is 16.3 Å². The minimum Gasteiger partial charge on any atom is -0.0795 e. The molecule has 0 saturated carbocycles. The zero-order chi connectivity index (χ0) is 16.4. The summed E-state index contributed by atoms with van der Waals surface area (Å²) >= 11 is 0. The van der Waals surface area contributed by atoms with E-state index in [1.165, 1.54) is 38.6 Å². The van der Waals surface area contributed by atoms with Crippen LogP contribution in [-0.4, -0.2) is 0 Å². The Morgan fingerprint density at radius 2 is 1.67 bits per heavy atom. The zero-order valence-corrected chi connectivity index (χ0v) is 14.1. The summed E-state index contributed by atoms with van der Waals surface area (Å²) < 4.78 is 0. The molecular formula is C24H22. The molecule has 0 aromatic heterocycles. The van der Waals surface area contributed by atoms with Crippen LogP contribution in [0.1, 0.15) is 29.2 Å². The van der Waals surface area contributed by atoms with Gasteiger partial charge in [-0.15, -0.1) is 0 Å². The second-order valence-electron chi connectivity index (χ2n) is 6.42. The average molecular weight is 310 g/mol. The van der Waals surface area contributed by atoms with Crippen LogP contribution >= 0.6 is 0 Å². The van der Waals surface area contributed by atoms with Crippen LogP contribution in [-0.2, 0) is 19.3 Å². The lowest BCUT2D eigenvalue weighted by Gasteiger charge is -2.22. The lowest BCUT2D eigenvalue weighted by molar-refractivity contribution is 1.14. The van der Waals surface area contributed by atoms with Gasteiger partial charge in [0.25, 0.3) is 0 Å². The van der Waals surface area contributed by atoms with Crippen molar-refractivity contribution in [1.29, 1.82) is 0 Å². The molecule has 0 atom stereocenters. The number of aryl methyl sites for hydroxylation is 1. The van der Waals surface area contributed by atoms with Crippen LogP contribution in [0.25, 0.3) is 16.3 Å².